The van der Waals surface area contributed by atoms with Crippen LogP contribution >= 0.6 is 0 Å². The van der Waals surface area contributed by atoms with Crippen molar-refractivity contribution in [1.29, 1.82) is 0 Å². The van der Waals surface area contributed by atoms with E-state index in [2.05, 4.69) is 10.4 Å². The molecule has 0 aliphatic heterocycles. The lowest BCUT2D eigenvalue weighted by atomic mass is 10.2. The molecular formula is C11H17N3O3. The maximum Gasteiger partial charge on any atom is 0.356 e. The Morgan fingerprint density at radius 3 is 2.59 bits per heavy atom. The number of rotatable bonds is 5. The van der Waals surface area contributed by atoms with Crippen LogP contribution in [0.5, 0.6) is 0 Å². The molecule has 17 heavy (non-hydrogen) atoms. The molecule has 0 spiro atoms. The monoisotopic (exact) mass is 239 g/mol. The highest BCUT2D eigenvalue weighted by Crippen LogP contribution is 2.06. The van der Waals surface area contributed by atoms with Crippen molar-refractivity contribution in [1.82, 2.24) is 15.1 Å². The first-order valence-corrected chi connectivity index (χ1v) is 5.48. The summed E-state index contributed by atoms with van der Waals surface area (Å²) in [5, 5.41) is 15.3. The van der Waals surface area contributed by atoms with Gasteiger partial charge in [0.2, 0.25) is 5.91 Å². The Hall–Kier alpha value is -1.85. The van der Waals surface area contributed by atoms with Crippen molar-refractivity contribution in [3.05, 3.63) is 18.0 Å². The average Bonchev–Trinajstić information content (AvgIpc) is 2.73. The number of hydrogen-bond donors (Lipinski definition) is 2. The Labute approximate surface area is 99.6 Å². The van der Waals surface area contributed by atoms with Crippen molar-refractivity contribution in [2.45, 2.75) is 26.8 Å². The molecule has 1 aromatic heterocycles. The van der Waals surface area contributed by atoms with Gasteiger partial charge < -0.3 is 10.4 Å². The summed E-state index contributed by atoms with van der Waals surface area (Å²) >= 11 is 0. The number of nitrogens with one attached hydrogen (secondary N) is 1. The molecule has 0 aliphatic rings. The molecule has 1 rings (SSSR count). The van der Waals surface area contributed by atoms with E-state index in [0.29, 0.717) is 12.5 Å². The van der Waals surface area contributed by atoms with E-state index in [1.807, 2.05) is 13.8 Å². The predicted octanol–water partition coefficient (Wildman–Crippen LogP) is 0.914. The molecular weight excluding hydrogens is 222 g/mol. The molecule has 2 N–H and O–H groups in total. The lowest BCUT2D eigenvalue weighted by Gasteiger charge is -2.13. The van der Waals surface area contributed by atoms with Crippen LogP contribution in [0.2, 0.25) is 0 Å². The fourth-order valence-corrected chi connectivity index (χ4v) is 1.24. The summed E-state index contributed by atoms with van der Waals surface area (Å²) in [6.07, 6.45) is 1.49. The SMILES string of the molecule is CC(C)CNC(=O)C(C)n1ccc(C(=O)O)n1. The first-order chi connectivity index (χ1) is 7.91. The second-order valence-corrected chi connectivity index (χ2v) is 4.30. The third-order valence-electron chi connectivity index (χ3n) is 2.29. The average molecular weight is 239 g/mol. The molecule has 0 bridgehead atoms. The smallest absolute Gasteiger partial charge is 0.356 e. The van der Waals surface area contributed by atoms with Gasteiger partial charge in [0, 0.05) is 12.7 Å². The number of carboxylic acid groups (broad SMARTS) is 1. The van der Waals surface area contributed by atoms with Crippen molar-refractivity contribution in [2.24, 2.45) is 5.92 Å². The summed E-state index contributed by atoms with van der Waals surface area (Å²) in [4.78, 5) is 22.4. The number of aromatic carboxylic acids is 1. The van der Waals surface area contributed by atoms with E-state index in [1.165, 1.54) is 16.9 Å². The second kappa shape index (κ2) is 5.47. The van der Waals surface area contributed by atoms with Crippen LogP contribution < -0.4 is 5.32 Å². The quantitative estimate of drug-likeness (QED) is 0.800. The van der Waals surface area contributed by atoms with Crippen molar-refractivity contribution < 1.29 is 14.7 Å². The van der Waals surface area contributed by atoms with Gasteiger partial charge in [0.25, 0.3) is 0 Å². The first-order valence-electron chi connectivity index (χ1n) is 5.48. The van der Waals surface area contributed by atoms with Crippen LogP contribution in [-0.4, -0.2) is 33.3 Å². The molecule has 0 aromatic carbocycles. The third-order valence-corrected chi connectivity index (χ3v) is 2.29. The Bertz CT molecular complexity index is 412. The minimum atomic E-state index is -1.10. The molecule has 0 fully saturated rings. The van der Waals surface area contributed by atoms with Gasteiger partial charge >= 0.3 is 5.97 Å². The van der Waals surface area contributed by atoms with Gasteiger partial charge in [-0.2, -0.15) is 5.10 Å². The minimum absolute atomic E-state index is 0.0616. The Morgan fingerprint density at radius 2 is 2.12 bits per heavy atom. The van der Waals surface area contributed by atoms with Crippen LogP contribution in [0.1, 0.15) is 37.3 Å². The van der Waals surface area contributed by atoms with Crippen molar-refractivity contribution in [3.8, 4) is 0 Å². The molecule has 1 aromatic rings. The van der Waals surface area contributed by atoms with Crippen molar-refractivity contribution >= 4 is 11.9 Å². The lowest BCUT2D eigenvalue weighted by Crippen LogP contribution is -2.33. The molecule has 1 heterocycles. The van der Waals surface area contributed by atoms with Crippen LogP contribution in [0.4, 0.5) is 0 Å². The normalized spacial score (nSPS) is 12.5. The molecule has 0 aliphatic carbocycles. The number of hydrogen-bond acceptors (Lipinski definition) is 3. The molecule has 0 radical (unpaired) electrons. The molecule has 0 saturated carbocycles. The van der Waals surface area contributed by atoms with E-state index in [0.717, 1.165) is 0 Å². The molecule has 1 unspecified atom stereocenters. The van der Waals surface area contributed by atoms with Gasteiger partial charge in [0.15, 0.2) is 5.69 Å². The van der Waals surface area contributed by atoms with Crippen molar-refractivity contribution in [2.75, 3.05) is 6.54 Å². The molecule has 1 amide bonds. The second-order valence-electron chi connectivity index (χ2n) is 4.30. The maximum atomic E-state index is 11.7. The number of carboxylic acids is 1. The van der Waals surface area contributed by atoms with Crippen molar-refractivity contribution in [3.63, 3.8) is 0 Å². The summed E-state index contributed by atoms with van der Waals surface area (Å²) < 4.78 is 1.35. The van der Waals surface area contributed by atoms with Crippen LogP contribution in [0, 0.1) is 5.92 Å². The number of nitrogens with zero attached hydrogens (tertiary/aromatic N) is 2. The number of carbonyl (C=O) groups is 2. The molecule has 6 heteroatoms. The highest BCUT2D eigenvalue weighted by Gasteiger charge is 2.17. The van der Waals surface area contributed by atoms with Gasteiger partial charge in [-0.25, -0.2) is 4.79 Å². The first kappa shape index (κ1) is 13.2. The van der Waals surface area contributed by atoms with Gasteiger partial charge in [-0.05, 0) is 18.9 Å². The number of amides is 1. The fraction of sp³-hybridized carbons (Fsp3) is 0.545. The summed E-state index contributed by atoms with van der Waals surface area (Å²) in [5.74, 6) is -0.893. The van der Waals surface area contributed by atoms with Gasteiger partial charge in [-0.1, -0.05) is 13.8 Å². The predicted molar refractivity (Wildman–Crippen MR) is 61.7 cm³/mol. The zero-order chi connectivity index (χ0) is 13.0. The highest BCUT2D eigenvalue weighted by atomic mass is 16.4. The maximum absolute atomic E-state index is 11.7. The number of aromatic nitrogens is 2. The molecule has 94 valence electrons. The zero-order valence-electron chi connectivity index (χ0n) is 10.2. The van der Waals surface area contributed by atoms with E-state index in [4.69, 9.17) is 5.11 Å². The molecule has 1 atom stereocenters. The zero-order valence-corrected chi connectivity index (χ0v) is 10.2. The molecule has 6 nitrogen and oxygen atoms in total. The van der Waals surface area contributed by atoms with Crippen LogP contribution in [0.3, 0.4) is 0 Å². The Kier molecular flexibility index (Phi) is 4.25. The summed E-state index contributed by atoms with van der Waals surface area (Å²) in [5.41, 5.74) is -0.0616. The summed E-state index contributed by atoms with van der Waals surface area (Å²) in [7, 11) is 0. The largest absolute Gasteiger partial charge is 0.476 e. The van der Waals surface area contributed by atoms with E-state index in [9.17, 15) is 9.59 Å². The summed E-state index contributed by atoms with van der Waals surface area (Å²) in [6, 6.07) is 0.857. The van der Waals surface area contributed by atoms with Gasteiger partial charge in [0.05, 0.1) is 0 Å². The third kappa shape index (κ3) is 3.58. The fourth-order valence-electron chi connectivity index (χ4n) is 1.24. The van der Waals surface area contributed by atoms with E-state index < -0.39 is 12.0 Å². The minimum Gasteiger partial charge on any atom is -0.476 e. The van der Waals surface area contributed by atoms with E-state index >= 15 is 0 Å². The van der Waals surface area contributed by atoms with Crippen LogP contribution in [-0.2, 0) is 4.79 Å². The van der Waals surface area contributed by atoms with E-state index in [1.54, 1.807) is 6.92 Å². The highest BCUT2D eigenvalue weighted by molar-refractivity contribution is 5.85. The lowest BCUT2D eigenvalue weighted by molar-refractivity contribution is -0.124. The Morgan fingerprint density at radius 1 is 1.47 bits per heavy atom. The molecule has 0 saturated heterocycles. The standard InChI is InChI=1S/C11H17N3O3/c1-7(2)6-12-10(15)8(3)14-5-4-9(13-14)11(16)17/h4-5,7-8H,6H2,1-3H3,(H,12,15)(H,16,17). The number of carbonyl (C=O) groups excluding carboxylic acids is 1. The topological polar surface area (TPSA) is 84.2 Å². The van der Waals surface area contributed by atoms with Gasteiger partial charge in [-0.15, -0.1) is 0 Å². The van der Waals surface area contributed by atoms with Gasteiger partial charge in [-0.3, -0.25) is 9.48 Å². The Balaban J connectivity index is 2.64. The summed E-state index contributed by atoms with van der Waals surface area (Å²) in [6.45, 7) is 6.27. The van der Waals surface area contributed by atoms with E-state index in [-0.39, 0.29) is 11.6 Å². The van der Waals surface area contributed by atoms with Crippen LogP contribution in [0.25, 0.3) is 0 Å². The van der Waals surface area contributed by atoms with Crippen LogP contribution in [0.15, 0.2) is 12.3 Å². The van der Waals surface area contributed by atoms with Gasteiger partial charge in [0.1, 0.15) is 6.04 Å².